The van der Waals surface area contributed by atoms with E-state index in [-0.39, 0.29) is 0 Å². The number of rotatable bonds is 4. The van der Waals surface area contributed by atoms with Crippen LogP contribution in [-0.4, -0.2) is 16.5 Å². The molecule has 0 aliphatic carbocycles. The van der Waals surface area contributed by atoms with Gasteiger partial charge in [-0.15, -0.1) is 0 Å². The molecule has 0 amide bonds. The number of H-pyrrole nitrogens is 1. The molecule has 0 atom stereocenters. The van der Waals surface area contributed by atoms with Crippen LogP contribution in [0.1, 0.15) is 17.0 Å². The summed E-state index contributed by atoms with van der Waals surface area (Å²) in [6.45, 7) is 5.09. The molecule has 0 radical (unpaired) electrons. The van der Waals surface area contributed by atoms with Crippen molar-refractivity contribution in [3.63, 3.8) is 0 Å². The maximum absolute atomic E-state index is 4.61. The molecule has 3 aromatic rings. The summed E-state index contributed by atoms with van der Waals surface area (Å²) in [4.78, 5) is 8.00. The third-order valence-electron chi connectivity index (χ3n) is 3.51. The van der Waals surface area contributed by atoms with Crippen LogP contribution in [0, 0.1) is 13.8 Å². The summed E-state index contributed by atoms with van der Waals surface area (Å²) in [7, 11) is 0. The molecule has 0 aliphatic rings. The lowest BCUT2D eigenvalue weighted by molar-refractivity contribution is 0.933. The number of nitrogens with one attached hydrogen (secondary N) is 2. The van der Waals surface area contributed by atoms with Gasteiger partial charge in [0.05, 0.1) is 11.0 Å². The van der Waals surface area contributed by atoms with Crippen molar-refractivity contribution >= 4 is 16.7 Å². The minimum atomic E-state index is 0.879. The van der Waals surface area contributed by atoms with E-state index in [0.717, 1.165) is 29.8 Å². The Morgan fingerprint density at radius 2 is 1.95 bits per heavy atom. The second-order valence-electron chi connectivity index (χ2n) is 5.20. The highest BCUT2D eigenvalue weighted by atomic mass is 14.9. The number of aryl methyl sites for hydroxylation is 2. The number of fused-ring (bicyclic) bond motifs is 1. The van der Waals surface area contributed by atoms with E-state index >= 15 is 0 Å². The molecule has 0 saturated heterocycles. The maximum atomic E-state index is 4.61. The Balaban J connectivity index is 1.67. The number of aromatic amines is 1. The van der Waals surface area contributed by atoms with Crippen LogP contribution in [0.25, 0.3) is 11.0 Å². The molecule has 0 saturated carbocycles. The predicted molar refractivity (Wildman–Crippen MR) is 84.2 cm³/mol. The first-order chi connectivity index (χ1) is 9.72. The predicted octanol–water partition coefficient (Wildman–Crippen LogP) is 3.83. The lowest BCUT2D eigenvalue weighted by atomic mass is 10.2. The first-order valence-electron chi connectivity index (χ1n) is 6.97. The van der Waals surface area contributed by atoms with Gasteiger partial charge in [-0.25, -0.2) is 4.98 Å². The van der Waals surface area contributed by atoms with E-state index in [9.17, 15) is 0 Å². The number of nitrogens with zero attached hydrogens (tertiary/aromatic N) is 1. The number of aromatic nitrogens is 2. The molecule has 0 fully saturated rings. The highest BCUT2D eigenvalue weighted by Gasteiger charge is 2.03. The fraction of sp³-hybridized carbons (Fsp3) is 0.235. The van der Waals surface area contributed by atoms with Gasteiger partial charge in [0.1, 0.15) is 5.82 Å². The molecule has 3 rings (SSSR count). The van der Waals surface area contributed by atoms with Crippen molar-refractivity contribution in [1.29, 1.82) is 0 Å². The van der Waals surface area contributed by atoms with Crippen molar-refractivity contribution in [2.75, 3.05) is 11.9 Å². The molecule has 1 heterocycles. The van der Waals surface area contributed by atoms with Gasteiger partial charge < -0.3 is 10.3 Å². The minimum absolute atomic E-state index is 0.879. The molecule has 2 N–H and O–H groups in total. The highest BCUT2D eigenvalue weighted by Crippen LogP contribution is 2.15. The lowest BCUT2D eigenvalue weighted by Gasteiger charge is -2.07. The largest absolute Gasteiger partial charge is 0.384 e. The molecular weight excluding hydrogens is 246 g/mol. The Morgan fingerprint density at radius 3 is 2.80 bits per heavy atom. The van der Waals surface area contributed by atoms with Crippen LogP contribution >= 0.6 is 0 Å². The first-order valence-corrected chi connectivity index (χ1v) is 6.97. The molecule has 3 heteroatoms. The summed E-state index contributed by atoms with van der Waals surface area (Å²) >= 11 is 0. The van der Waals surface area contributed by atoms with Gasteiger partial charge in [-0.1, -0.05) is 24.3 Å². The standard InChI is InChI=1S/C17H19N3/c1-12-7-8-15-16(11-12)20-17(19-15)9-10-18-14-6-4-3-5-13(14)2/h3-8,11,18H,9-10H2,1-2H3,(H,19,20). The fourth-order valence-electron chi connectivity index (χ4n) is 2.38. The van der Waals surface area contributed by atoms with E-state index in [1.165, 1.54) is 16.8 Å². The molecule has 1 aromatic heterocycles. The molecule has 0 aliphatic heterocycles. The average Bonchev–Trinajstić information content (AvgIpc) is 2.83. The van der Waals surface area contributed by atoms with Gasteiger partial charge in [-0.3, -0.25) is 0 Å². The summed E-state index contributed by atoms with van der Waals surface area (Å²) < 4.78 is 0. The van der Waals surface area contributed by atoms with Crippen LogP contribution in [0.15, 0.2) is 42.5 Å². The molecule has 0 bridgehead atoms. The normalized spacial score (nSPS) is 10.9. The molecule has 0 spiro atoms. The van der Waals surface area contributed by atoms with Crippen LogP contribution < -0.4 is 5.32 Å². The summed E-state index contributed by atoms with van der Waals surface area (Å²) in [5.74, 6) is 1.03. The summed E-state index contributed by atoms with van der Waals surface area (Å²) in [5, 5.41) is 3.46. The third-order valence-corrected chi connectivity index (χ3v) is 3.51. The van der Waals surface area contributed by atoms with E-state index in [0.29, 0.717) is 0 Å². The van der Waals surface area contributed by atoms with Crippen LogP contribution in [-0.2, 0) is 6.42 Å². The number of anilines is 1. The Kier molecular flexibility index (Phi) is 3.42. The van der Waals surface area contributed by atoms with Gasteiger partial charge in [0, 0.05) is 18.7 Å². The second kappa shape index (κ2) is 5.37. The minimum Gasteiger partial charge on any atom is -0.384 e. The third kappa shape index (κ3) is 2.67. The van der Waals surface area contributed by atoms with Crippen molar-refractivity contribution < 1.29 is 0 Å². The van der Waals surface area contributed by atoms with Crippen LogP contribution in [0.3, 0.4) is 0 Å². The number of para-hydroxylation sites is 1. The van der Waals surface area contributed by atoms with Gasteiger partial charge >= 0.3 is 0 Å². The van der Waals surface area contributed by atoms with Crippen molar-refractivity contribution in [1.82, 2.24) is 9.97 Å². The first kappa shape index (κ1) is 12.7. The Labute approximate surface area is 119 Å². The maximum Gasteiger partial charge on any atom is 0.108 e. The Hall–Kier alpha value is -2.29. The van der Waals surface area contributed by atoms with E-state index in [2.05, 4.69) is 71.6 Å². The average molecular weight is 265 g/mol. The monoisotopic (exact) mass is 265 g/mol. The molecule has 0 unspecified atom stereocenters. The highest BCUT2D eigenvalue weighted by molar-refractivity contribution is 5.75. The number of hydrogen-bond donors (Lipinski definition) is 2. The van der Waals surface area contributed by atoms with Gasteiger partial charge in [0.2, 0.25) is 0 Å². The Morgan fingerprint density at radius 1 is 1.10 bits per heavy atom. The quantitative estimate of drug-likeness (QED) is 0.752. The van der Waals surface area contributed by atoms with Crippen molar-refractivity contribution in [3.8, 4) is 0 Å². The van der Waals surface area contributed by atoms with E-state index in [1.807, 2.05) is 0 Å². The summed E-state index contributed by atoms with van der Waals surface area (Å²) in [6, 6.07) is 14.6. The zero-order valence-electron chi connectivity index (χ0n) is 11.9. The second-order valence-corrected chi connectivity index (χ2v) is 5.20. The zero-order valence-corrected chi connectivity index (χ0v) is 11.9. The number of benzene rings is 2. The smallest absolute Gasteiger partial charge is 0.108 e. The van der Waals surface area contributed by atoms with E-state index in [4.69, 9.17) is 0 Å². The van der Waals surface area contributed by atoms with Gasteiger partial charge in [0.15, 0.2) is 0 Å². The number of imidazole rings is 1. The van der Waals surface area contributed by atoms with Gasteiger partial charge in [-0.05, 0) is 43.2 Å². The van der Waals surface area contributed by atoms with Crippen molar-refractivity contribution in [2.45, 2.75) is 20.3 Å². The molecular formula is C17H19N3. The molecule has 3 nitrogen and oxygen atoms in total. The van der Waals surface area contributed by atoms with E-state index < -0.39 is 0 Å². The van der Waals surface area contributed by atoms with Crippen molar-refractivity contribution in [3.05, 3.63) is 59.4 Å². The molecule has 102 valence electrons. The van der Waals surface area contributed by atoms with Crippen LogP contribution in [0.4, 0.5) is 5.69 Å². The lowest BCUT2D eigenvalue weighted by Crippen LogP contribution is -2.06. The summed E-state index contributed by atoms with van der Waals surface area (Å²) in [5.41, 5.74) is 5.88. The van der Waals surface area contributed by atoms with E-state index in [1.54, 1.807) is 0 Å². The van der Waals surface area contributed by atoms with Gasteiger partial charge in [0.25, 0.3) is 0 Å². The fourth-order valence-corrected chi connectivity index (χ4v) is 2.38. The van der Waals surface area contributed by atoms with Crippen LogP contribution in [0.2, 0.25) is 0 Å². The summed E-state index contributed by atoms with van der Waals surface area (Å²) in [6.07, 6.45) is 0.891. The molecule has 20 heavy (non-hydrogen) atoms. The zero-order chi connectivity index (χ0) is 13.9. The topological polar surface area (TPSA) is 40.7 Å². The Bertz CT molecular complexity index is 728. The van der Waals surface area contributed by atoms with Crippen LogP contribution in [0.5, 0.6) is 0 Å². The molecule has 2 aromatic carbocycles. The number of hydrogen-bond acceptors (Lipinski definition) is 2. The van der Waals surface area contributed by atoms with Crippen molar-refractivity contribution in [2.24, 2.45) is 0 Å². The van der Waals surface area contributed by atoms with Gasteiger partial charge in [-0.2, -0.15) is 0 Å². The SMILES string of the molecule is Cc1ccc2nc(CCNc3ccccc3C)[nH]c2c1.